The summed E-state index contributed by atoms with van der Waals surface area (Å²) in [6.07, 6.45) is 3.52. The zero-order valence-corrected chi connectivity index (χ0v) is 12.4. The van der Waals surface area contributed by atoms with Crippen LogP contribution in [0.25, 0.3) is 0 Å². The third-order valence-corrected chi connectivity index (χ3v) is 3.15. The van der Waals surface area contributed by atoms with E-state index in [4.69, 9.17) is 9.84 Å². The molecule has 0 saturated heterocycles. The molecule has 0 atom stereocenters. The first-order chi connectivity index (χ1) is 10.3. The number of nitrogens with one attached hydrogen (secondary N) is 1. The van der Waals surface area contributed by atoms with Crippen LogP contribution in [0.4, 0.5) is 5.82 Å². The van der Waals surface area contributed by atoms with Crippen molar-refractivity contribution in [3.05, 3.63) is 53.7 Å². The zero-order chi connectivity index (χ0) is 14.9. The third kappa shape index (κ3) is 4.76. The lowest BCUT2D eigenvalue weighted by Gasteiger charge is -2.11. The number of rotatable bonds is 8. The average molecular weight is 286 g/mol. The van der Waals surface area contributed by atoms with Gasteiger partial charge in [-0.05, 0) is 36.6 Å². The Morgan fingerprint density at radius 2 is 2.00 bits per heavy atom. The highest BCUT2D eigenvalue weighted by Gasteiger charge is 2.03. The van der Waals surface area contributed by atoms with E-state index >= 15 is 0 Å². The molecule has 21 heavy (non-hydrogen) atoms. The molecule has 0 spiro atoms. The van der Waals surface area contributed by atoms with Crippen LogP contribution < -0.4 is 10.1 Å². The fourth-order valence-electron chi connectivity index (χ4n) is 2.00. The van der Waals surface area contributed by atoms with Crippen molar-refractivity contribution < 1.29 is 9.84 Å². The Morgan fingerprint density at radius 3 is 2.71 bits per heavy atom. The molecule has 1 aromatic carbocycles. The lowest BCUT2D eigenvalue weighted by atomic mass is 10.1. The lowest BCUT2D eigenvalue weighted by Crippen LogP contribution is -2.07. The van der Waals surface area contributed by atoms with Crippen LogP contribution >= 0.6 is 0 Å². The van der Waals surface area contributed by atoms with E-state index in [1.54, 1.807) is 6.20 Å². The van der Waals surface area contributed by atoms with Crippen molar-refractivity contribution in [1.82, 2.24) is 4.98 Å². The summed E-state index contributed by atoms with van der Waals surface area (Å²) in [6, 6.07) is 11.8. The van der Waals surface area contributed by atoms with E-state index in [0.29, 0.717) is 13.0 Å². The second-order valence-electron chi connectivity index (χ2n) is 4.84. The summed E-state index contributed by atoms with van der Waals surface area (Å²) in [6.45, 7) is 3.68. The van der Waals surface area contributed by atoms with Gasteiger partial charge in [-0.2, -0.15) is 0 Å². The summed E-state index contributed by atoms with van der Waals surface area (Å²) in [7, 11) is 0. The van der Waals surface area contributed by atoms with E-state index in [1.165, 1.54) is 0 Å². The first kappa shape index (κ1) is 15.3. The molecule has 0 aliphatic rings. The molecule has 2 aromatic rings. The number of benzene rings is 1. The van der Waals surface area contributed by atoms with Gasteiger partial charge in [0.1, 0.15) is 18.2 Å². The van der Waals surface area contributed by atoms with Gasteiger partial charge < -0.3 is 15.2 Å². The van der Waals surface area contributed by atoms with Crippen LogP contribution in [-0.4, -0.2) is 23.2 Å². The minimum Gasteiger partial charge on any atom is -0.489 e. The van der Waals surface area contributed by atoms with Crippen LogP contribution in [0.15, 0.2) is 42.6 Å². The van der Waals surface area contributed by atoms with Crippen molar-refractivity contribution in [1.29, 1.82) is 0 Å². The van der Waals surface area contributed by atoms with Crippen LogP contribution in [0.5, 0.6) is 5.75 Å². The van der Waals surface area contributed by atoms with Crippen molar-refractivity contribution in [2.75, 3.05) is 18.5 Å². The maximum Gasteiger partial charge on any atom is 0.132 e. The van der Waals surface area contributed by atoms with Crippen LogP contribution in [0, 0.1) is 0 Å². The number of nitrogens with zero attached hydrogens (tertiary/aromatic N) is 1. The Bertz CT molecular complexity index is 541. The third-order valence-electron chi connectivity index (χ3n) is 3.15. The highest BCUT2D eigenvalue weighted by molar-refractivity contribution is 5.43. The second-order valence-corrected chi connectivity index (χ2v) is 4.84. The molecule has 0 unspecified atom stereocenters. The normalized spacial score (nSPS) is 10.4. The van der Waals surface area contributed by atoms with Crippen LogP contribution in [0.1, 0.15) is 24.5 Å². The summed E-state index contributed by atoms with van der Waals surface area (Å²) >= 11 is 0. The topological polar surface area (TPSA) is 54.4 Å². The van der Waals surface area contributed by atoms with Gasteiger partial charge in [0.15, 0.2) is 0 Å². The molecule has 0 saturated carbocycles. The van der Waals surface area contributed by atoms with E-state index in [1.807, 2.05) is 36.4 Å². The van der Waals surface area contributed by atoms with Gasteiger partial charge in [0.05, 0.1) is 0 Å². The molecule has 2 N–H and O–H groups in total. The van der Waals surface area contributed by atoms with Crippen molar-refractivity contribution >= 4 is 5.82 Å². The average Bonchev–Trinajstić information content (AvgIpc) is 2.53. The molecule has 0 fully saturated rings. The minimum atomic E-state index is 0.169. The van der Waals surface area contributed by atoms with Crippen LogP contribution in [-0.2, 0) is 13.0 Å². The number of aromatic nitrogens is 1. The predicted molar refractivity (Wildman–Crippen MR) is 84.6 cm³/mol. The van der Waals surface area contributed by atoms with Crippen molar-refractivity contribution in [3.8, 4) is 5.75 Å². The predicted octanol–water partition coefficient (Wildman–Crippen LogP) is 3.02. The quantitative estimate of drug-likeness (QED) is 0.783. The molecule has 4 nitrogen and oxygen atoms in total. The molecule has 0 amide bonds. The van der Waals surface area contributed by atoms with E-state index in [-0.39, 0.29) is 6.61 Å². The molecular formula is C17H22N2O2. The summed E-state index contributed by atoms with van der Waals surface area (Å²) in [4.78, 5) is 4.35. The van der Waals surface area contributed by atoms with E-state index in [0.717, 1.165) is 35.7 Å². The molecule has 2 rings (SSSR count). The van der Waals surface area contributed by atoms with E-state index < -0.39 is 0 Å². The standard InChI is InChI=1S/C17H22N2O2/c1-2-10-18-17-15(4-3-11-19-17)13-21-16-7-5-14(6-8-16)9-12-20/h3-8,11,20H,2,9-10,12-13H2,1H3,(H,18,19). The van der Waals surface area contributed by atoms with Gasteiger partial charge >= 0.3 is 0 Å². The van der Waals surface area contributed by atoms with Gasteiger partial charge in [-0.15, -0.1) is 0 Å². The van der Waals surface area contributed by atoms with E-state index in [9.17, 15) is 0 Å². The highest BCUT2D eigenvalue weighted by Crippen LogP contribution is 2.17. The molecular weight excluding hydrogens is 264 g/mol. The number of hydrogen-bond acceptors (Lipinski definition) is 4. The monoisotopic (exact) mass is 286 g/mol. The van der Waals surface area contributed by atoms with Gasteiger partial charge in [0.25, 0.3) is 0 Å². The number of pyridine rings is 1. The molecule has 1 aromatic heterocycles. The first-order valence-corrected chi connectivity index (χ1v) is 7.34. The Kier molecular flexibility index (Phi) is 6.03. The molecule has 0 bridgehead atoms. The van der Waals surface area contributed by atoms with Gasteiger partial charge in [-0.1, -0.05) is 25.1 Å². The number of aliphatic hydroxyl groups is 1. The summed E-state index contributed by atoms with van der Waals surface area (Å²) in [5.74, 6) is 1.71. The number of ether oxygens (including phenoxy) is 1. The fraction of sp³-hybridized carbons (Fsp3) is 0.353. The highest BCUT2D eigenvalue weighted by atomic mass is 16.5. The number of aliphatic hydroxyl groups excluding tert-OH is 1. The maximum atomic E-state index is 8.90. The Morgan fingerprint density at radius 1 is 1.19 bits per heavy atom. The summed E-state index contributed by atoms with van der Waals surface area (Å²) in [5, 5.41) is 12.2. The molecule has 1 heterocycles. The SMILES string of the molecule is CCCNc1ncccc1COc1ccc(CCO)cc1. The van der Waals surface area contributed by atoms with Gasteiger partial charge in [0.2, 0.25) is 0 Å². The Hall–Kier alpha value is -2.07. The zero-order valence-electron chi connectivity index (χ0n) is 12.4. The minimum absolute atomic E-state index is 0.169. The maximum absolute atomic E-state index is 8.90. The number of hydrogen-bond donors (Lipinski definition) is 2. The molecule has 0 aliphatic heterocycles. The van der Waals surface area contributed by atoms with E-state index in [2.05, 4.69) is 17.2 Å². The smallest absolute Gasteiger partial charge is 0.132 e. The number of anilines is 1. The largest absolute Gasteiger partial charge is 0.489 e. The van der Waals surface area contributed by atoms with Crippen molar-refractivity contribution in [3.63, 3.8) is 0 Å². The second kappa shape index (κ2) is 8.27. The summed E-state index contributed by atoms with van der Waals surface area (Å²) < 4.78 is 5.80. The lowest BCUT2D eigenvalue weighted by molar-refractivity contribution is 0.298. The molecule has 0 aliphatic carbocycles. The molecule has 0 radical (unpaired) electrons. The fourth-order valence-corrected chi connectivity index (χ4v) is 2.00. The van der Waals surface area contributed by atoms with Gasteiger partial charge in [-0.25, -0.2) is 4.98 Å². The first-order valence-electron chi connectivity index (χ1n) is 7.34. The molecule has 112 valence electrons. The van der Waals surface area contributed by atoms with Crippen LogP contribution in [0.2, 0.25) is 0 Å². The van der Waals surface area contributed by atoms with Crippen molar-refractivity contribution in [2.45, 2.75) is 26.4 Å². The van der Waals surface area contributed by atoms with Crippen molar-refractivity contribution in [2.24, 2.45) is 0 Å². The van der Waals surface area contributed by atoms with Gasteiger partial charge in [0, 0.05) is 24.9 Å². The molecule has 4 heteroatoms. The van der Waals surface area contributed by atoms with Crippen LogP contribution in [0.3, 0.4) is 0 Å². The Balaban J connectivity index is 1.96. The van der Waals surface area contributed by atoms with Gasteiger partial charge in [-0.3, -0.25) is 0 Å². The summed E-state index contributed by atoms with van der Waals surface area (Å²) in [5.41, 5.74) is 2.15. The Labute approximate surface area is 125 Å².